The van der Waals surface area contributed by atoms with Crippen molar-refractivity contribution in [3.63, 3.8) is 0 Å². The minimum absolute atomic E-state index is 0.326. The van der Waals surface area contributed by atoms with Crippen LogP contribution in [0.25, 0.3) is 16.7 Å². The van der Waals surface area contributed by atoms with Gasteiger partial charge in [-0.25, -0.2) is 4.98 Å². The first-order valence-electron chi connectivity index (χ1n) is 6.09. The number of pyridine rings is 1. The molecule has 0 aliphatic rings. The quantitative estimate of drug-likeness (QED) is 0.672. The first-order chi connectivity index (χ1) is 10.0. The number of benzene rings is 1. The van der Waals surface area contributed by atoms with Crippen LogP contribution in [0.3, 0.4) is 0 Å². The zero-order valence-electron chi connectivity index (χ0n) is 10.6. The number of aromatic nitrogens is 2. The van der Waals surface area contributed by atoms with Crippen LogP contribution in [-0.4, -0.2) is 15.8 Å². The summed E-state index contributed by atoms with van der Waals surface area (Å²) >= 11 is 0. The van der Waals surface area contributed by atoms with Crippen molar-refractivity contribution in [3.05, 3.63) is 59.9 Å². The summed E-state index contributed by atoms with van der Waals surface area (Å²) in [5.74, 6) is 0.326. The second kappa shape index (κ2) is 4.73. The Morgan fingerprint density at radius 3 is 2.48 bits per heavy atom. The Morgan fingerprint density at radius 1 is 1.10 bits per heavy atom. The maximum atomic E-state index is 12.5. The Labute approximate surface area is 117 Å². The van der Waals surface area contributed by atoms with Gasteiger partial charge in [0.15, 0.2) is 6.29 Å². The summed E-state index contributed by atoms with van der Waals surface area (Å²) in [6.45, 7) is 0. The Hall–Kier alpha value is -2.63. The van der Waals surface area contributed by atoms with E-state index in [2.05, 4.69) is 4.98 Å². The molecule has 3 aromatic rings. The van der Waals surface area contributed by atoms with Crippen LogP contribution in [-0.2, 0) is 6.18 Å². The third-order valence-electron chi connectivity index (χ3n) is 3.19. The highest BCUT2D eigenvalue weighted by Crippen LogP contribution is 2.29. The van der Waals surface area contributed by atoms with Gasteiger partial charge in [0.05, 0.1) is 11.1 Å². The van der Waals surface area contributed by atoms with E-state index >= 15 is 0 Å². The van der Waals surface area contributed by atoms with Crippen molar-refractivity contribution in [3.8, 4) is 5.82 Å². The number of nitrogens with zero attached hydrogens (tertiary/aromatic N) is 2. The van der Waals surface area contributed by atoms with Crippen LogP contribution in [0.15, 0.2) is 48.8 Å². The summed E-state index contributed by atoms with van der Waals surface area (Å²) in [7, 11) is 0. The molecule has 0 N–H and O–H groups in total. The topological polar surface area (TPSA) is 34.9 Å². The van der Waals surface area contributed by atoms with Gasteiger partial charge in [-0.05, 0) is 18.2 Å². The Bertz CT molecular complexity index is 804. The van der Waals surface area contributed by atoms with Crippen molar-refractivity contribution in [1.29, 1.82) is 0 Å². The fourth-order valence-corrected chi connectivity index (χ4v) is 2.19. The van der Waals surface area contributed by atoms with Gasteiger partial charge in [0.1, 0.15) is 5.82 Å². The van der Waals surface area contributed by atoms with E-state index in [1.54, 1.807) is 35.0 Å². The van der Waals surface area contributed by atoms with E-state index in [9.17, 15) is 18.0 Å². The third-order valence-corrected chi connectivity index (χ3v) is 3.19. The van der Waals surface area contributed by atoms with E-state index in [0.29, 0.717) is 23.2 Å². The first kappa shape index (κ1) is 13.4. The van der Waals surface area contributed by atoms with Gasteiger partial charge in [0.25, 0.3) is 0 Å². The Kier molecular flexibility index (Phi) is 3.01. The molecule has 0 amide bonds. The number of fused-ring (bicyclic) bond motifs is 1. The molecule has 0 fully saturated rings. The lowest BCUT2D eigenvalue weighted by molar-refractivity contribution is -0.137. The van der Waals surface area contributed by atoms with Crippen molar-refractivity contribution in [2.45, 2.75) is 6.18 Å². The molecule has 0 atom stereocenters. The number of para-hydroxylation sites is 1. The van der Waals surface area contributed by atoms with Crippen LogP contribution >= 0.6 is 0 Å². The molecule has 0 bridgehead atoms. The minimum Gasteiger partial charge on any atom is -0.300 e. The van der Waals surface area contributed by atoms with Crippen molar-refractivity contribution in [2.75, 3.05) is 0 Å². The maximum Gasteiger partial charge on any atom is 0.417 e. The van der Waals surface area contributed by atoms with Crippen molar-refractivity contribution in [2.24, 2.45) is 0 Å². The summed E-state index contributed by atoms with van der Waals surface area (Å²) in [5, 5.41) is 0.731. The van der Waals surface area contributed by atoms with Crippen LogP contribution in [0.1, 0.15) is 15.9 Å². The van der Waals surface area contributed by atoms with Gasteiger partial charge < -0.3 is 4.57 Å². The van der Waals surface area contributed by atoms with Crippen LogP contribution in [0.5, 0.6) is 0 Å². The molecule has 2 heterocycles. The molecule has 21 heavy (non-hydrogen) atoms. The van der Waals surface area contributed by atoms with E-state index in [1.807, 2.05) is 0 Å². The summed E-state index contributed by atoms with van der Waals surface area (Å²) in [6.07, 6.45) is -1.36. The van der Waals surface area contributed by atoms with Crippen molar-refractivity contribution in [1.82, 2.24) is 9.55 Å². The van der Waals surface area contributed by atoms with Crippen LogP contribution < -0.4 is 0 Å². The molecule has 2 aromatic heterocycles. The highest BCUT2D eigenvalue weighted by Gasteiger charge is 2.30. The SMILES string of the molecule is O=Cc1cn(-c2ccc(C(F)(F)F)cn2)c2ccccc12. The molecule has 0 spiro atoms. The first-order valence-corrected chi connectivity index (χ1v) is 6.09. The lowest BCUT2D eigenvalue weighted by Gasteiger charge is -2.08. The highest BCUT2D eigenvalue weighted by molar-refractivity contribution is 5.98. The number of rotatable bonds is 2. The summed E-state index contributed by atoms with van der Waals surface area (Å²) < 4.78 is 39.2. The van der Waals surface area contributed by atoms with E-state index in [-0.39, 0.29) is 0 Å². The van der Waals surface area contributed by atoms with E-state index in [1.165, 1.54) is 6.07 Å². The number of carbonyl (C=O) groups is 1. The molecule has 0 unspecified atom stereocenters. The lowest BCUT2D eigenvalue weighted by atomic mass is 10.2. The molecule has 0 saturated carbocycles. The molecule has 1 aromatic carbocycles. The third kappa shape index (κ3) is 2.29. The average Bonchev–Trinajstić information content (AvgIpc) is 2.85. The van der Waals surface area contributed by atoms with Gasteiger partial charge >= 0.3 is 6.18 Å². The normalized spacial score (nSPS) is 11.8. The lowest BCUT2D eigenvalue weighted by Crippen LogP contribution is -2.06. The van der Waals surface area contributed by atoms with Crippen LogP contribution in [0, 0.1) is 0 Å². The van der Waals surface area contributed by atoms with Crippen LogP contribution in [0.4, 0.5) is 13.2 Å². The van der Waals surface area contributed by atoms with Gasteiger partial charge in [-0.15, -0.1) is 0 Å². The van der Waals surface area contributed by atoms with E-state index in [0.717, 1.165) is 17.6 Å². The fourth-order valence-electron chi connectivity index (χ4n) is 2.19. The van der Waals surface area contributed by atoms with E-state index < -0.39 is 11.7 Å². The van der Waals surface area contributed by atoms with Crippen LogP contribution in [0.2, 0.25) is 0 Å². The van der Waals surface area contributed by atoms with Gasteiger partial charge in [-0.2, -0.15) is 13.2 Å². The summed E-state index contributed by atoms with van der Waals surface area (Å²) in [5.41, 5.74) is 0.373. The maximum absolute atomic E-state index is 12.5. The van der Waals surface area contributed by atoms with Gasteiger partial charge in [0, 0.05) is 23.3 Å². The summed E-state index contributed by atoms with van der Waals surface area (Å²) in [6, 6.07) is 9.39. The standard InChI is InChI=1S/C15H9F3N2O/c16-15(17,18)11-5-6-14(19-7-11)20-8-10(9-21)12-3-1-2-4-13(12)20/h1-9H. The fraction of sp³-hybridized carbons (Fsp3) is 0.0667. The number of hydrogen-bond donors (Lipinski definition) is 0. The molecule has 106 valence electrons. The van der Waals surface area contributed by atoms with E-state index in [4.69, 9.17) is 0 Å². The number of carbonyl (C=O) groups excluding carboxylic acids is 1. The second-order valence-corrected chi connectivity index (χ2v) is 4.49. The number of alkyl halides is 3. The molecule has 3 rings (SSSR count). The second-order valence-electron chi connectivity index (χ2n) is 4.49. The molecule has 6 heteroatoms. The smallest absolute Gasteiger partial charge is 0.300 e. The average molecular weight is 290 g/mol. The highest BCUT2D eigenvalue weighted by atomic mass is 19.4. The molecule has 0 aliphatic carbocycles. The molecule has 0 radical (unpaired) electrons. The molecule has 0 aliphatic heterocycles. The van der Waals surface area contributed by atoms with Gasteiger partial charge in [-0.3, -0.25) is 4.79 Å². The number of aldehydes is 1. The van der Waals surface area contributed by atoms with Crippen molar-refractivity contribution >= 4 is 17.2 Å². The minimum atomic E-state index is -4.42. The number of hydrogen-bond acceptors (Lipinski definition) is 2. The molecule has 3 nitrogen and oxygen atoms in total. The molecular formula is C15H9F3N2O. The molecular weight excluding hydrogens is 281 g/mol. The van der Waals surface area contributed by atoms with Gasteiger partial charge in [-0.1, -0.05) is 18.2 Å². The summed E-state index contributed by atoms with van der Waals surface area (Å²) in [4.78, 5) is 14.9. The van der Waals surface area contributed by atoms with Gasteiger partial charge in [0.2, 0.25) is 0 Å². The Morgan fingerprint density at radius 2 is 1.86 bits per heavy atom. The zero-order valence-corrected chi connectivity index (χ0v) is 10.6. The Balaban J connectivity index is 2.15. The van der Waals surface area contributed by atoms with Crippen molar-refractivity contribution < 1.29 is 18.0 Å². The number of halogens is 3. The largest absolute Gasteiger partial charge is 0.417 e. The monoisotopic (exact) mass is 290 g/mol. The predicted octanol–water partition coefficient (Wildman–Crippen LogP) is 3.86. The zero-order chi connectivity index (χ0) is 15.0. The predicted molar refractivity (Wildman–Crippen MR) is 71.5 cm³/mol. The molecule has 0 saturated heterocycles.